The Morgan fingerprint density at radius 2 is 1.85 bits per heavy atom. The van der Waals surface area contributed by atoms with Crippen molar-refractivity contribution in [1.82, 2.24) is 4.90 Å². The molecule has 0 N–H and O–H groups in total. The second-order valence-electron chi connectivity index (χ2n) is 6.52. The van der Waals surface area contributed by atoms with Gasteiger partial charge in [-0.2, -0.15) is 11.8 Å². The third-order valence-corrected chi connectivity index (χ3v) is 5.13. The van der Waals surface area contributed by atoms with Gasteiger partial charge in [-0.15, -0.1) is 0 Å². The first-order valence-corrected chi connectivity index (χ1v) is 8.24. The Morgan fingerprint density at radius 3 is 2.40 bits per heavy atom. The molecule has 1 aromatic rings. The van der Waals surface area contributed by atoms with Crippen molar-refractivity contribution >= 4 is 17.5 Å². The molecule has 1 aliphatic heterocycles. The van der Waals surface area contributed by atoms with Gasteiger partial charge in [0.05, 0.1) is 6.54 Å². The van der Waals surface area contributed by atoms with Gasteiger partial charge in [0.2, 0.25) is 0 Å². The van der Waals surface area contributed by atoms with E-state index in [0.717, 1.165) is 35.5 Å². The minimum absolute atomic E-state index is 0.260. The first-order chi connectivity index (χ1) is 9.28. The second-order valence-corrected chi connectivity index (χ2v) is 8.32. The minimum atomic E-state index is 0.260. The second kappa shape index (κ2) is 5.90. The molecule has 1 aliphatic rings. The van der Waals surface area contributed by atoms with Gasteiger partial charge >= 0.3 is 0 Å². The van der Waals surface area contributed by atoms with Crippen LogP contribution in [0.4, 0.5) is 0 Å². The summed E-state index contributed by atoms with van der Waals surface area (Å²) in [6.07, 6.45) is 0. The highest BCUT2D eigenvalue weighted by Gasteiger charge is 2.28. The first kappa shape index (κ1) is 15.6. The summed E-state index contributed by atoms with van der Waals surface area (Å²) in [6.45, 7) is 13.3. The van der Waals surface area contributed by atoms with Crippen LogP contribution in [0, 0.1) is 20.8 Å². The monoisotopic (exact) mass is 291 g/mol. The van der Waals surface area contributed by atoms with Crippen molar-refractivity contribution in [2.24, 2.45) is 0 Å². The predicted molar refractivity (Wildman–Crippen MR) is 88.0 cm³/mol. The Balaban J connectivity index is 2.13. The van der Waals surface area contributed by atoms with Crippen LogP contribution in [0.3, 0.4) is 0 Å². The molecule has 2 rings (SSSR count). The van der Waals surface area contributed by atoms with Crippen molar-refractivity contribution < 1.29 is 4.79 Å². The van der Waals surface area contributed by atoms with E-state index in [2.05, 4.69) is 37.8 Å². The molecule has 1 aromatic carbocycles. The molecular formula is C17H25NOS. The molecule has 0 bridgehead atoms. The van der Waals surface area contributed by atoms with E-state index >= 15 is 0 Å². The largest absolute Gasteiger partial charge is 0.294 e. The lowest BCUT2D eigenvalue weighted by Gasteiger charge is -2.37. The molecule has 2 nitrogen and oxygen atoms in total. The van der Waals surface area contributed by atoms with Crippen molar-refractivity contribution in [2.45, 2.75) is 39.4 Å². The third kappa shape index (κ3) is 3.64. The number of nitrogens with zero attached hydrogens (tertiary/aromatic N) is 1. The number of carbonyl (C=O) groups is 1. The van der Waals surface area contributed by atoms with E-state index in [1.54, 1.807) is 0 Å². The van der Waals surface area contributed by atoms with Crippen LogP contribution in [0.5, 0.6) is 0 Å². The molecule has 0 atom stereocenters. The van der Waals surface area contributed by atoms with Crippen LogP contribution in [0.1, 0.15) is 40.9 Å². The zero-order valence-electron chi connectivity index (χ0n) is 13.2. The quantitative estimate of drug-likeness (QED) is 0.793. The summed E-state index contributed by atoms with van der Waals surface area (Å²) in [6, 6.07) is 4.21. The molecule has 0 aliphatic carbocycles. The van der Waals surface area contributed by atoms with Gasteiger partial charge in [0.25, 0.3) is 0 Å². The van der Waals surface area contributed by atoms with E-state index in [4.69, 9.17) is 0 Å². The molecule has 0 amide bonds. The van der Waals surface area contributed by atoms with E-state index in [-0.39, 0.29) is 10.5 Å². The van der Waals surface area contributed by atoms with Gasteiger partial charge in [-0.25, -0.2) is 0 Å². The van der Waals surface area contributed by atoms with Crippen molar-refractivity contribution in [3.8, 4) is 0 Å². The maximum Gasteiger partial charge on any atom is 0.177 e. The van der Waals surface area contributed by atoms with Gasteiger partial charge in [0.1, 0.15) is 0 Å². The summed E-state index contributed by atoms with van der Waals surface area (Å²) in [5.41, 5.74) is 4.37. The summed E-state index contributed by atoms with van der Waals surface area (Å²) in [5, 5.41) is 0. The van der Waals surface area contributed by atoms with Crippen LogP contribution in [0.25, 0.3) is 0 Å². The van der Waals surface area contributed by atoms with Crippen molar-refractivity contribution in [3.63, 3.8) is 0 Å². The van der Waals surface area contributed by atoms with Crippen LogP contribution in [0.15, 0.2) is 12.1 Å². The van der Waals surface area contributed by atoms with Crippen LogP contribution >= 0.6 is 11.8 Å². The highest BCUT2D eigenvalue weighted by atomic mass is 32.2. The van der Waals surface area contributed by atoms with E-state index in [0.29, 0.717) is 6.54 Å². The molecule has 1 fully saturated rings. The van der Waals surface area contributed by atoms with E-state index in [9.17, 15) is 4.79 Å². The molecule has 1 heterocycles. The fraction of sp³-hybridized carbons (Fsp3) is 0.588. The molecule has 110 valence electrons. The average molecular weight is 291 g/mol. The average Bonchev–Trinajstić information content (AvgIpc) is 2.25. The van der Waals surface area contributed by atoms with Gasteiger partial charge in [-0.05, 0) is 45.7 Å². The number of ketones is 1. The zero-order valence-corrected chi connectivity index (χ0v) is 14.1. The molecular weight excluding hydrogens is 266 g/mol. The van der Waals surface area contributed by atoms with Crippen LogP contribution in [-0.4, -0.2) is 40.8 Å². The maximum atomic E-state index is 12.6. The lowest BCUT2D eigenvalue weighted by Crippen LogP contribution is -2.45. The van der Waals surface area contributed by atoms with Crippen LogP contribution in [0.2, 0.25) is 0 Å². The number of carbonyl (C=O) groups excluding carboxylic acids is 1. The lowest BCUT2D eigenvalue weighted by molar-refractivity contribution is 0.0926. The van der Waals surface area contributed by atoms with Crippen molar-refractivity contribution in [3.05, 3.63) is 34.4 Å². The predicted octanol–water partition coefficient (Wildman–Crippen LogP) is 3.62. The Labute approximate surface area is 126 Å². The fourth-order valence-electron chi connectivity index (χ4n) is 3.15. The van der Waals surface area contributed by atoms with E-state index in [1.807, 2.05) is 25.6 Å². The third-order valence-electron chi connectivity index (χ3n) is 3.83. The molecule has 3 heteroatoms. The molecule has 0 saturated carbocycles. The van der Waals surface area contributed by atoms with Crippen molar-refractivity contribution in [1.29, 1.82) is 0 Å². The number of thioether (sulfide) groups is 1. The molecule has 1 saturated heterocycles. The standard InChI is InChI=1S/C17H25NOS/c1-12-8-13(2)16(14(3)9-12)15(19)10-18-6-7-20-17(4,5)11-18/h8-9H,6-7,10-11H2,1-5H3. The van der Waals surface area contributed by atoms with E-state index < -0.39 is 0 Å². The molecule has 0 unspecified atom stereocenters. The van der Waals surface area contributed by atoms with Crippen LogP contribution in [-0.2, 0) is 0 Å². The summed E-state index contributed by atoms with van der Waals surface area (Å²) < 4.78 is 0.260. The number of Topliss-reactive ketones (excluding diaryl/α,β-unsaturated/α-hetero) is 1. The molecule has 20 heavy (non-hydrogen) atoms. The van der Waals surface area contributed by atoms with Gasteiger partial charge in [0, 0.05) is 29.2 Å². The van der Waals surface area contributed by atoms with E-state index in [1.165, 1.54) is 5.56 Å². The topological polar surface area (TPSA) is 20.3 Å². The number of benzene rings is 1. The van der Waals surface area contributed by atoms with Gasteiger partial charge in [-0.1, -0.05) is 17.7 Å². The summed E-state index contributed by atoms with van der Waals surface area (Å²) in [5.74, 6) is 1.38. The Hall–Kier alpha value is -0.800. The molecule has 0 spiro atoms. The highest BCUT2D eigenvalue weighted by molar-refractivity contribution is 8.00. The summed E-state index contributed by atoms with van der Waals surface area (Å²) >= 11 is 2.00. The Morgan fingerprint density at radius 1 is 1.25 bits per heavy atom. The number of rotatable bonds is 3. The summed E-state index contributed by atoms with van der Waals surface area (Å²) in [7, 11) is 0. The highest BCUT2D eigenvalue weighted by Crippen LogP contribution is 2.29. The fourth-order valence-corrected chi connectivity index (χ4v) is 4.33. The van der Waals surface area contributed by atoms with Crippen molar-refractivity contribution in [2.75, 3.05) is 25.4 Å². The van der Waals surface area contributed by atoms with Gasteiger partial charge in [0.15, 0.2) is 5.78 Å². The minimum Gasteiger partial charge on any atom is -0.294 e. The first-order valence-electron chi connectivity index (χ1n) is 7.26. The smallest absolute Gasteiger partial charge is 0.177 e. The number of aryl methyl sites for hydroxylation is 3. The Kier molecular flexibility index (Phi) is 4.60. The SMILES string of the molecule is Cc1cc(C)c(C(=O)CN2CCSC(C)(C)C2)c(C)c1. The lowest BCUT2D eigenvalue weighted by atomic mass is 9.96. The zero-order chi connectivity index (χ0) is 14.9. The van der Waals surface area contributed by atoms with Gasteiger partial charge < -0.3 is 0 Å². The molecule has 0 aromatic heterocycles. The Bertz CT molecular complexity index is 499. The normalized spacial score (nSPS) is 19.1. The van der Waals surface area contributed by atoms with Crippen LogP contribution < -0.4 is 0 Å². The summed E-state index contributed by atoms with van der Waals surface area (Å²) in [4.78, 5) is 14.9. The molecule has 0 radical (unpaired) electrons. The number of hydrogen-bond donors (Lipinski definition) is 0. The maximum absolute atomic E-state index is 12.6. The number of hydrogen-bond acceptors (Lipinski definition) is 3. The van der Waals surface area contributed by atoms with Gasteiger partial charge in [-0.3, -0.25) is 9.69 Å².